The summed E-state index contributed by atoms with van der Waals surface area (Å²) in [7, 11) is 1.59. The van der Waals surface area contributed by atoms with Gasteiger partial charge in [-0.3, -0.25) is 14.8 Å². The Bertz CT molecular complexity index is 1020. The molecule has 3 rings (SSSR count). The van der Waals surface area contributed by atoms with Gasteiger partial charge < -0.3 is 10.1 Å². The van der Waals surface area contributed by atoms with Crippen molar-refractivity contribution in [3.63, 3.8) is 0 Å². The van der Waals surface area contributed by atoms with Crippen LogP contribution in [-0.4, -0.2) is 28.8 Å². The number of aryl methyl sites for hydroxylation is 2. The molecule has 2 N–H and O–H groups in total. The maximum Gasteiger partial charge on any atom is 0.257 e. The van der Waals surface area contributed by atoms with Crippen molar-refractivity contribution in [1.82, 2.24) is 15.1 Å². The second-order valence-electron chi connectivity index (χ2n) is 6.80. The highest BCUT2D eigenvalue weighted by molar-refractivity contribution is 6.09. The molecule has 0 radical (unpaired) electrons. The maximum absolute atomic E-state index is 12.8. The topological polar surface area (TPSA) is 80.5 Å². The second-order valence-corrected chi connectivity index (χ2v) is 6.80. The highest BCUT2D eigenvalue weighted by Crippen LogP contribution is 2.15. The van der Waals surface area contributed by atoms with Crippen LogP contribution in [0.1, 0.15) is 34.2 Å². The average molecular weight is 406 g/mol. The lowest BCUT2D eigenvalue weighted by Crippen LogP contribution is -2.36. The molecule has 7 heteroatoms. The van der Waals surface area contributed by atoms with Gasteiger partial charge in [-0.05, 0) is 57.2 Å². The molecule has 30 heavy (non-hydrogen) atoms. The molecule has 156 valence electrons. The monoisotopic (exact) mass is 405 g/mol. The first-order chi connectivity index (χ1) is 14.5. The molecule has 0 bridgehead atoms. The number of nitrogens with one attached hydrogen (secondary N) is 2. The van der Waals surface area contributed by atoms with Crippen molar-refractivity contribution >= 4 is 17.6 Å². The van der Waals surface area contributed by atoms with Crippen LogP contribution < -0.4 is 15.4 Å². The van der Waals surface area contributed by atoms with Gasteiger partial charge in [-0.25, -0.2) is 4.99 Å². The predicted octanol–water partition coefficient (Wildman–Crippen LogP) is 3.93. The molecule has 0 aliphatic heterocycles. The van der Waals surface area contributed by atoms with E-state index in [1.807, 2.05) is 48.9 Å². The molecule has 0 aliphatic carbocycles. The zero-order valence-electron chi connectivity index (χ0n) is 17.8. The quantitative estimate of drug-likeness (QED) is 0.481. The number of carbonyl (C=O) groups excluding carboxylic acids is 1. The van der Waals surface area contributed by atoms with Crippen LogP contribution in [0.5, 0.6) is 5.75 Å². The number of amides is 1. The highest BCUT2D eigenvalue weighted by atomic mass is 16.5. The summed E-state index contributed by atoms with van der Waals surface area (Å²) in [6, 6.07) is 16.5. The number of rotatable bonds is 6. The summed E-state index contributed by atoms with van der Waals surface area (Å²) in [6.45, 7) is 7.29. The summed E-state index contributed by atoms with van der Waals surface area (Å²) in [5.41, 5.74) is 4.44. The Balaban J connectivity index is 1.83. The third kappa shape index (κ3) is 5.05. The number of nitrogens with zero attached hydrogens (tertiary/aromatic N) is 3. The molecule has 0 unspecified atom stereocenters. The molecule has 0 atom stereocenters. The van der Waals surface area contributed by atoms with Crippen molar-refractivity contribution in [2.75, 3.05) is 12.4 Å². The number of benzene rings is 2. The number of aromatic nitrogens is 2. The maximum atomic E-state index is 12.8. The van der Waals surface area contributed by atoms with Crippen LogP contribution >= 0.6 is 0 Å². The standard InChI is InChI=1S/C23H27N5O2/c1-5-28-17(3)21(16(2)27-28)15-24-23(25-19-9-7-6-8-10-19)26-22(29)18-11-13-20(30-4)14-12-18/h6-14H,5,15H2,1-4H3,(H2,24,25,26,29). The van der Waals surface area contributed by atoms with Crippen LogP contribution in [0, 0.1) is 13.8 Å². The van der Waals surface area contributed by atoms with E-state index in [1.165, 1.54) is 0 Å². The van der Waals surface area contributed by atoms with Crippen molar-refractivity contribution in [2.45, 2.75) is 33.9 Å². The molecule has 0 fully saturated rings. The number of hydrogen-bond donors (Lipinski definition) is 2. The SMILES string of the molecule is CCn1nc(C)c(CN=C(NC(=O)c2ccc(OC)cc2)Nc2ccccc2)c1C. The summed E-state index contributed by atoms with van der Waals surface area (Å²) in [6.07, 6.45) is 0. The number of ether oxygens (including phenoxy) is 1. The van der Waals surface area contributed by atoms with E-state index in [2.05, 4.69) is 27.6 Å². The summed E-state index contributed by atoms with van der Waals surface area (Å²) >= 11 is 0. The Kier molecular flexibility index (Phi) is 6.85. The van der Waals surface area contributed by atoms with Crippen LogP contribution in [-0.2, 0) is 13.1 Å². The summed E-state index contributed by atoms with van der Waals surface area (Å²) in [5, 5.41) is 10.6. The Hall–Kier alpha value is -3.61. The van der Waals surface area contributed by atoms with E-state index in [9.17, 15) is 4.79 Å². The Morgan fingerprint density at radius 2 is 1.80 bits per heavy atom. The van der Waals surface area contributed by atoms with E-state index in [-0.39, 0.29) is 5.91 Å². The van der Waals surface area contributed by atoms with Gasteiger partial charge in [-0.15, -0.1) is 0 Å². The molecule has 1 amide bonds. The lowest BCUT2D eigenvalue weighted by atomic mass is 10.2. The van der Waals surface area contributed by atoms with E-state index < -0.39 is 0 Å². The molecule has 2 aromatic carbocycles. The van der Waals surface area contributed by atoms with Crippen LogP contribution in [0.25, 0.3) is 0 Å². The van der Waals surface area contributed by atoms with Crippen molar-refractivity contribution < 1.29 is 9.53 Å². The number of methoxy groups -OCH3 is 1. The fraction of sp³-hybridized carbons (Fsp3) is 0.261. The number of hydrogen-bond acceptors (Lipinski definition) is 4. The van der Waals surface area contributed by atoms with Crippen molar-refractivity contribution in [1.29, 1.82) is 0 Å². The third-order valence-corrected chi connectivity index (χ3v) is 4.85. The molecule has 7 nitrogen and oxygen atoms in total. The zero-order valence-corrected chi connectivity index (χ0v) is 17.8. The Morgan fingerprint density at radius 3 is 2.40 bits per heavy atom. The molecule has 0 spiro atoms. The van der Waals surface area contributed by atoms with Crippen molar-refractivity contribution in [2.24, 2.45) is 4.99 Å². The molecular formula is C23H27N5O2. The normalized spacial score (nSPS) is 11.3. The van der Waals surface area contributed by atoms with Gasteiger partial charge in [-0.1, -0.05) is 18.2 Å². The fourth-order valence-electron chi connectivity index (χ4n) is 3.12. The fourth-order valence-corrected chi connectivity index (χ4v) is 3.12. The summed E-state index contributed by atoms with van der Waals surface area (Å²) < 4.78 is 7.11. The van der Waals surface area contributed by atoms with Gasteiger partial charge in [0.25, 0.3) is 5.91 Å². The largest absolute Gasteiger partial charge is 0.497 e. The van der Waals surface area contributed by atoms with Gasteiger partial charge in [0.05, 0.1) is 19.3 Å². The number of anilines is 1. The summed E-state index contributed by atoms with van der Waals surface area (Å²) in [4.78, 5) is 17.4. The van der Waals surface area contributed by atoms with Gasteiger partial charge >= 0.3 is 0 Å². The predicted molar refractivity (Wildman–Crippen MR) is 119 cm³/mol. The second kappa shape index (κ2) is 9.73. The van der Waals surface area contributed by atoms with Crippen LogP contribution in [0.3, 0.4) is 0 Å². The third-order valence-electron chi connectivity index (χ3n) is 4.85. The first-order valence-corrected chi connectivity index (χ1v) is 9.86. The van der Waals surface area contributed by atoms with Crippen LogP contribution in [0.4, 0.5) is 5.69 Å². The lowest BCUT2D eigenvalue weighted by molar-refractivity contribution is 0.0977. The minimum absolute atomic E-state index is 0.252. The number of para-hydroxylation sites is 1. The van der Waals surface area contributed by atoms with Crippen molar-refractivity contribution in [3.05, 3.63) is 77.1 Å². The molecular weight excluding hydrogens is 378 g/mol. The van der Waals surface area contributed by atoms with Gasteiger partial charge in [0.1, 0.15) is 5.75 Å². The highest BCUT2D eigenvalue weighted by Gasteiger charge is 2.13. The van der Waals surface area contributed by atoms with E-state index in [1.54, 1.807) is 31.4 Å². The molecule has 0 saturated heterocycles. The van der Waals surface area contributed by atoms with Crippen molar-refractivity contribution in [3.8, 4) is 5.75 Å². The van der Waals surface area contributed by atoms with E-state index in [0.29, 0.717) is 23.8 Å². The minimum atomic E-state index is -0.252. The molecule has 3 aromatic rings. The smallest absolute Gasteiger partial charge is 0.257 e. The molecule has 1 heterocycles. The van der Waals surface area contributed by atoms with Crippen LogP contribution in [0.15, 0.2) is 59.6 Å². The first kappa shape index (κ1) is 21.1. The number of carbonyl (C=O) groups is 1. The summed E-state index contributed by atoms with van der Waals surface area (Å²) in [5.74, 6) is 0.823. The van der Waals surface area contributed by atoms with Crippen LogP contribution in [0.2, 0.25) is 0 Å². The Morgan fingerprint density at radius 1 is 1.10 bits per heavy atom. The molecule has 0 aliphatic rings. The van der Waals surface area contributed by atoms with E-state index >= 15 is 0 Å². The van der Waals surface area contributed by atoms with Gasteiger partial charge in [0, 0.05) is 29.1 Å². The average Bonchev–Trinajstić information content (AvgIpc) is 3.05. The number of aliphatic imine (C=N–C) groups is 1. The number of guanidine groups is 1. The minimum Gasteiger partial charge on any atom is -0.497 e. The molecule has 0 saturated carbocycles. The van der Waals surface area contributed by atoms with E-state index in [0.717, 1.165) is 29.2 Å². The van der Waals surface area contributed by atoms with Gasteiger partial charge in [-0.2, -0.15) is 5.10 Å². The zero-order chi connectivity index (χ0) is 21.5. The first-order valence-electron chi connectivity index (χ1n) is 9.86. The Labute approximate surface area is 176 Å². The lowest BCUT2D eigenvalue weighted by Gasteiger charge is -2.12. The van der Waals surface area contributed by atoms with Gasteiger partial charge in [0.15, 0.2) is 0 Å². The van der Waals surface area contributed by atoms with Gasteiger partial charge in [0.2, 0.25) is 5.96 Å². The van der Waals surface area contributed by atoms with E-state index in [4.69, 9.17) is 4.74 Å². The molecule has 1 aromatic heterocycles.